The van der Waals surface area contributed by atoms with Crippen LogP contribution in [0.3, 0.4) is 0 Å². The first-order valence-corrected chi connectivity index (χ1v) is 6.65. The normalized spacial score (nSPS) is 13.1. The quantitative estimate of drug-likeness (QED) is 0.812. The Morgan fingerprint density at radius 2 is 2.18 bits per heavy atom. The number of hydrogen-bond donors (Lipinski definition) is 1. The summed E-state index contributed by atoms with van der Waals surface area (Å²) in [6.45, 7) is 3.98. The summed E-state index contributed by atoms with van der Waals surface area (Å²) in [5.41, 5.74) is 0.750. The van der Waals surface area contributed by atoms with E-state index in [1.165, 1.54) is 6.07 Å². The molecule has 4 heteroatoms. The summed E-state index contributed by atoms with van der Waals surface area (Å²) < 4.78 is 14.6. The Bertz CT molecular complexity index is 357. The molecule has 0 saturated carbocycles. The zero-order chi connectivity index (χ0) is 12.8. The molecule has 1 aromatic carbocycles. The molecule has 0 spiro atoms. The van der Waals surface area contributed by atoms with Crippen molar-refractivity contribution in [3.05, 3.63) is 34.1 Å². The van der Waals surface area contributed by atoms with E-state index in [0.717, 1.165) is 29.5 Å². The van der Waals surface area contributed by atoms with Gasteiger partial charge in [0.1, 0.15) is 5.82 Å². The lowest BCUT2D eigenvalue weighted by molar-refractivity contribution is 0.253. The SMILES string of the molecule is CNCCCN(C)C(C)c1ccc(Br)cc1F. The van der Waals surface area contributed by atoms with E-state index in [2.05, 4.69) is 26.1 Å². The summed E-state index contributed by atoms with van der Waals surface area (Å²) in [5.74, 6) is -0.146. The maximum absolute atomic E-state index is 13.8. The summed E-state index contributed by atoms with van der Waals surface area (Å²) in [4.78, 5) is 2.17. The molecule has 0 aliphatic carbocycles. The molecule has 0 saturated heterocycles. The van der Waals surface area contributed by atoms with Crippen LogP contribution in [0, 0.1) is 5.82 Å². The minimum absolute atomic E-state index is 0.0972. The molecular weight excluding hydrogens is 283 g/mol. The Kier molecular flexibility index (Phi) is 6.09. The van der Waals surface area contributed by atoms with Crippen molar-refractivity contribution in [2.75, 3.05) is 27.2 Å². The van der Waals surface area contributed by atoms with Crippen molar-refractivity contribution in [3.8, 4) is 0 Å². The van der Waals surface area contributed by atoms with Gasteiger partial charge in [-0.1, -0.05) is 22.0 Å². The van der Waals surface area contributed by atoms with E-state index in [4.69, 9.17) is 0 Å². The van der Waals surface area contributed by atoms with Gasteiger partial charge in [-0.2, -0.15) is 0 Å². The Balaban J connectivity index is 2.64. The van der Waals surface area contributed by atoms with Crippen LogP contribution in [-0.2, 0) is 0 Å². The number of halogens is 2. The van der Waals surface area contributed by atoms with E-state index in [-0.39, 0.29) is 11.9 Å². The third-order valence-corrected chi connectivity index (χ3v) is 3.50. The van der Waals surface area contributed by atoms with Crippen molar-refractivity contribution in [2.45, 2.75) is 19.4 Å². The zero-order valence-corrected chi connectivity index (χ0v) is 12.2. The van der Waals surface area contributed by atoms with Gasteiger partial charge < -0.3 is 5.32 Å². The fourth-order valence-corrected chi connectivity index (χ4v) is 2.11. The second-order valence-corrected chi connectivity index (χ2v) is 5.20. The first kappa shape index (κ1) is 14.6. The summed E-state index contributed by atoms with van der Waals surface area (Å²) >= 11 is 3.27. The van der Waals surface area contributed by atoms with Crippen LogP contribution in [0.15, 0.2) is 22.7 Å². The summed E-state index contributed by atoms with van der Waals surface area (Å²) in [6, 6.07) is 5.35. The number of nitrogens with zero attached hydrogens (tertiary/aromatic N) is 1. The van der Waals surface area contributed by atoms with Crippen molar-refractivity contribution in [2.24, 2.45) is 0 Å². The predicted octanol–water partition coefficient (Wildman–Crippen LogP) is 3.19. The Labute approximate surface area is 111 Å². The van der Waals surface area contributed by atoms with Crippen molar-refractivity contribution in [1.29, 1.82) is 0 Å². The monoisotopic (exact) mass is 302 g/mol. The predicted molar refractivity (Wildman–Crippen MR) is 73.7 cm³/mol. The topological polar surface area (TPSA) is 15.3 Å². The molecule has 0 radical (unpaired) electrons. The van der Waals surface area contributed by atoms with Gasteiger partial charge >= 0.3 is 0 Å². The van der Waals surface area contributed by atoms with Gasteiger partial charge in [0, 0.05) is 16.1 Å². The van der Waals surface area contributed by atoms with Crippen molar-refractivity contribution in [1.82, 2.24) is 10.2 Å². The van der Waals surface area contributed by atoms with Crippen LogP contribution in [0.4, 0.5) is 4.39 Å². The van der Waals surface area contributed by atoms with Crippen LogP contribution < -0.4 is 5.32 Å². The van der Waals surface area contributed by atoms with Gasteiger partial charge in [0.05, 0.1) is 0 Å². The van der Waals surface area contributed by atoms with Crippen LogP contribution >= 0.6 is 15.9 Å². The van der Waals surface area contributed by atoms with Gasteiger partial charge in [-0.05, 0) is 52.7 Å². The number of nitrogens with one attached hydrogen (secondary N) is 1. The van der Waals surface area contributed by atoms with Crippen molar-refractivity contribution >= 4 is 15.9 Å². The number of rotatable bonds is 6. The van der Waals surface area contributed by atoms with E-state index in [1.54, 1.807) is 0 Å². The molecular formula is C13H20BrFN2. The van der Waals surface area contributed by atoms with Crippen LogP contribution in [-0.4, -0.2) is 32.1 Å². The van der Waals surface area contributed by atoms with Crippen LogP contribution in [0.1, 0.15) is 24.9 Å². The Hall–Kier alpha value is -0.450. The summed E-state index contributed by atoms with van der Waals surface area (Å²) in [7, 11) is 3.97. The summed E-state index contributed by atoms with van der Waals surface area (Å²) in [5, 5.41) is 3.11. The van der Waals surface area contributed by atoms with Crippen LogP contribution in [0.2, 0.25) is 0 Å². The molecule has 0 bridgehead atoms. The third kappa shape index (κ3) is 4.37. The highest BCUT2D eigenvalue weighted by Crippen LogP contribution is 2.24. The molecule has 0 aliphatic heterocycles. The van der Waals surface area contributed by atoms with Gasteiger partial charge in [-0.25, -0.2) is 4.39 Å². The maximum Gasteiger partial charge on any atom is 0.129 e. The first-order chi connectivity index (χ1) is 8.06. The largest absolute Gasteiger partial charge is 0.320 e. The Morgan fingerprint density at radius 3 is 2.76 bits per heavy atom. The molecule has 0 aromatic heterocycles. The lowest BCUT2D eigenvalue weighted by Crippen LogP contribution is -2.26. The molecule has 0 heterocycles. The van der Waals surface area contributed by atoms with Gasteiger partial charge in [0.25, 0.3) is 0 Å². The average molecular weight is 303 g/mol. The third-order valence-electron chi connectivity index (χ3n) is 3.01. The highest BCUT2D eigenvalue weighted by Gasteiger charge is 2.15. The highest BCUT2D eigenvalue weighted by atomic mass is 79.9. The molecule has 0 amide bonds. The molecule has 1 rings (SSSR count). The fraction of sp³-hybridized carbons (Fsp3) is 0.538. The molecule has 1 atom stereocenters. The second kappa shape index (κ2) is 7.09. The molecule has 1 aromatic rings. The van der Waals surface area contributed by atoms with Crippen molar-refractivity contribution in [3.63, 3.8) is 0 Å². The maximum atomic E-state index is 13.8. The van der Waals surface area contributed by atoms with E-state index in [9.17, 15) is 4.39 Å². The smallest absolute Gasteiger partial charge is 0.129 e. The lowest BCUT2D eigenvalue weighted by Gasteiger charge is -2.25. The number of hydrogen-bond acceptors (Lipinski definition) is 2. The van der Waals surface area contributed by atoms with Gasteiger partial charge in [-0.15, -0.1) is 0 Å². The van der Waals surface area contributed by atoms with Gasteiger partial charge in [0.2, 0.25) is 0 Å². The van der Waals surface area contributed by atoms with E-state index in [0.29, 0.717) is 0 Å². The molecule has 96 valence electrons. The Morgan fingerprint density at radius 1 is 1.47 bits per heavy atom. The second-order valence-electron chi connectivity index (χ2n) is 4.28. The first-order valence-electron chi connectivity index (χ1n) is 5.86. The van der Waals surface area contributed by atoms with Crippen LogP contribution in [0.25, 0.3) is 0 Å². The highest BCUT2D eigenvalue weighted by molar-refractivity contribution is 9.10. The standard InChI is InChI=1S/C13H20BrFN2/c1-10(17(3)8-4-7-16-2)12-6-5-11(14)9-13(12)15/h5-6,9-10,16H,4,7-8H2,1-3H3. The zero-order valence-electron chi connectivity index (χ0n) is 10.6. The lowest BCUT2D eigenvalue weighted by atomic mass is 10.1. The fourth-order valence-electron chi connectivity index (χ4n) is 1.78. The van der Waals surface area contributed by atoms with E-state index in [1.807, 2.05) is 33.2 Å². The molecule has 1 N–H and O–H groups in total. The van der Waals surface area contributed by atoms with Gasteiger partial charge in [0.15, 0.2) is 0 Å². The van der Waals surface area contributed by atoms with Crippen molar-refractivity contribution < 1.29 is 4.39 Å². The number of benzene rings is 1. The minimum Gasteiger partial charge on any atom is -0.320 e. The minimum atomic E-state index is -0.146. The molecule has 17 heavy (non-hydrogen) atoms. The van der Waals surface area contributed by atoms with Gasteiger partial charge in [-0.3, -0.25) is 4.90 Å². The van der Waals surface area contributed by atoms with E-state index >= 15 is 0 Å². The molecule has 0 fully saturated rings. The molecule has 1 unspecified atom stereocenters. The summed E-state index contributed by atoms with van der Waals surface area (Å²) in [6.07, 6.45) is 1.06. The molecule has 0 aliphatic rings. The average Bonchev–Trinajstić information content (AvgIpc) is 2.28. The molecule has 2 nitrogen and oxygen atoms in total. The van der Waals surface area contributed by atoms with Crippen LogP contribution in [0.5, 0.6) is 0 Å². The van der Waals surface area contributed by atoms with E-state index < -0.39 is 0 Å².